The number of aromatic nitrogens is 1. The van der Waals surface area contributed by atoms with E-state index >= 15 is 0 Å². The summed E-state index contributed by atoms with van der Waals surface area (Å²) >= 11 is 0. The van der Waals surface area contributed by atoms with Crippen LogP contribution in [0.4, 0.5) is 0 Å². The highest BCUT2D eigenvalue weighted by Gasteiger charge is 2.51. The smallest absolute Gasteiger partial charge is 0.269 e. The monoisotopic (exact) mass is 525 g/mol. The first kappa shape index (κ1) is 26.9. The summed E-state index contributed by atoms with van der Waals surface area (Å²) in [6, 6.07) is 10.7. The van der Waals surface area contributed by atoms with Gasteiger partial charge in [-0.2, -0.15) is 0 Å². The third kappa shape index (κ3) is 5.83. The Hall–Kier alpha value is -3.71. The van der Waals surface area contributed by atoms with Crippen molar-refractivity contribution in [1.82, 2.24) is 20.5 Å². The second kappa shape index (κ2) is 11.6. The number of piperidine rings is 1. The molecule has 1 aliphatic carbocycles. The maximum Gasteiger partial charge on any atom is 0.269 e. The van der Waals surface area contributed by atoms with Crippen LogP contribution in [-0.4, -0.2) is 47.9 Å². The Balaban J connectivity index is 1.09. The molecule has 7 nitrogen and oxygen atoms in total. The zero-order valence-corrected chi connectivity index (χ0v) is 22.8. The number of fused-ring (bicyclic) bond motifs is 1. The number of nitrogens with one attached hydrogen (secondary N) is 2. The van der Waals surface area contributed by atoms with Gasteiger partial charge in [0, 0.05) is 24.9 Å². The van der Waals surface area contributed by atoms with Gasteiger partial charge in [-0.15, -0.1) is 0 Å². The lowest BCUT2D eigenvalue weighted by Gasteiger charge is -2.32. The minimum atomic E-state index is -0.755. The largest absolute Gasteiger partial charge is 0.385 e. The highest BCUT2D eigenvalue weighted by Crippen LogP contribution is 2.46. The number of hydrogen-bond acceptors (Lipinski definition) is 5. The molecule has 3 aliphatic rings. The highest BCUT2D eigenvalue weighted by atomic mass is 16.2. The summed E-state index contributed by atoms with van der Waals surface area (Å²) in [6.07, 6.45) is 12.9. The van der Waals surface area contributed by atoms with Crippen LogP contribution in [0.15, 0.2) is 72.7 Å². The Morgan fingerprint density at radius 3 is 2.72 bits per heavy atom. The van der Waals surface area contributed by atoms with E-state index in [1.165, 1.54) is 30.4 Å². The van der Waals surface area contributed by atoms with Crippen molar-refractivity contribution in [2.24, 2.45) is 17.1 Å². The van der Waals surface area contributed by atoms with E-state index in [-0.39, 0.29) is 11.8 Å². The number of benzene rings is 1. The third-order valence-corrected chi connectivity index (χ3v) is 8.57. The van der Waals surface area contributed by atoms with Crippen LogP contribution in [0, 0.1) is 18.3 Å². The molecule has 0 bridgehead atoms. The molecule has 2 amide bonds. The zero-order chi connectivity index (χ0) is 27.4. The fraction of sp³-hybridized carbons (Fsp3) is 0.406. The van der Waals surface area contributed by atoms with Crippen LogP contribution < -0.4 is 16.4 Å². The minimum Gasteiger partial charge on any atom is -0.385 e. The summed E-state index contributed by atoms with van der Waals surface area (Å²) in [5.74, 6) is 0.873. The highest BCUT2D eigenvalue weighted by molar-refractivity contribution is 5.95. The molecule has 1 atom stereocenters. The second-order valence-electron chi connectivity index (χ2n) is 11.2. The van der Waals surface area contributed by atoms with Crippen molar-refractivity contribution >= 4 is 11.8 Å². The van der Waals surface area contributed by atoms with Gasteiger partial charge in [0.15, 0.2) is 0 Å². The zero-order valence-electron chi connectivity index (χ0n) is 22.8. The van der Waals surface area contributed by atoms with Gasteiger partial charge in [0.2, 0.25) is 5.91 Å². The Morgan fingerprint density at radius 2 is 1.97 bits per heavy atom. The van der Waals surface area contributed by atoms with Crippen molar-refractivity contribution in [3.8, 4) is 0 Å². The molecule has 1 fully saturated rings. The summed E-state index contributed by atoms with van der Waals surface area (Å²) in [5, 5.41) is 5.83. The average Bonchev–Trinajstić information content (AvgIpc) is 3.43. The maximum atomic E-state index is 12.9. The molecule has 1 unspecified atom stereocenters. The number of rotatable bonds is 9. The van der Waals surface area contributed by atoms with Crippen LogP contribution in [0.25, 0.3) is 0 Å². The maximum absolute atomic E-state index is 12.9. The van der Waals surface area contributed by atoms with Crippen molar-refractivity contribution in [3.63, 3.8) is 0 Å². The van der Waals surface area contributed by atoms with Crippen molar-refractivity contribution in [1.29, 1.82) is 0 Å². The van der Waals surface area contributed by atoms with E-state index in [2.05, 4.69) is 58.3 Å². The fourth-order valence-electron chi connectivity index (χ4n) is 6.18. The van der Waals surface area contributed by atoms with E-state index in [0.29, 0.717) is 30.9 Å². The summed E-state index contributed by atoms with van der Waals surface area (Å²) < 4.78 is 0. The van der Waals surface area contributed by atoms with E-state index in [4.69, 9.17) is 5.73 Å². The number of aryl methyl sites for hydroxylation is 2. The first-order valence-corrected chi connectivity index (χ1v) is 14.0. The number of nitrogens with zero attached hydrogens (tertiary/aromatic N) is 2. The first-order chi connectivity index (χ1) is 18.9. The van der Waals surface area contributed by atoms with E-state index < -0.39 is 5.41 Å². The lowest BCUT2D eigenvalue weighted by atomic mass is 9.78. The fourth-order valence-corrected chi connectivity index (χ4v) is 6.18. The molecular weight excluding hydrogens is 486 g/mol. The van der Waals surface area contributed by atoms with E-state index in [1.54, 1.807) is 18.3 Å². The van der Waals surface area contributed by atoms with Crippen LogP contribution in [0.1, 0.15) is 52.0 Å². The van der Waals surface area contributed by atoms with Crippen LogP contribution in [0.3, 0.4) is 0 Å². The number of amides is 2. The predicted molar refractivity (Wildman–Crippen MR) is 154 cm³/mol. The molecule has 2 aromatic rings. The van der Waals surface area contributed by atoms with Crippen LogP contribution >= 0.6 is 0 Å². The van der Waals surface area contributed by atoms with Crippen molar-refractivity contribution in [2.75, 3.05) is 26.2 Å². The number of allylic oxidation sites excluding steroid dienone is 3. The molecule has 1 saturated heterocycles. The molecule has 7 heteroatoms. The summed E-state index contributed by atoms with van der Waals surface area (Å²) in [4.78, 5) is 32.7. The molecule has 1 aromatic carbocycles. The lowest BCUT2D eigenvalue weighted by Crippen LogP contribution is -2.39. The molecule has 5 rings (SSSR count). The van der Waals surface area contributed by atoms with Gasteiger partial charge in [0.05, 0.1) is 5.41 Å². The Labute approximate surface area is 231 Å². The van der Waals surface area contributed by atoms with Gasteiger partial charge >= 0.3 is 0 Å². The quantitative estimate of drug-likeness (QED) is 0.435. The van der Waals surface area contributed by atoms with E-state index in [0.717, 1.165) is 48.7 Å². The van der Waals surface area contributed by atoms with Gasteiger partial charge in [-0.25, -0.2) is 0 Å². The van der Waals surface area contributed by atoms with Gasteiger partial charge in [0.25, 0.3) is 5.91 Å². The van der Waals surface area contributed by atoms with Crippen molar-refractivity contribution in [2.45, 2.75) is 45.4 Å². The number of carbonyl (C=O) groups is 2. The molecule has 1 aromatic heterocycles. The molecule has 1 spiro atoms. The van der Waals surface area contributed by atoms with E-state index in [1.807, 2.05) is 12.1 Å². The Kier molecular flexibility index (Phi) is 7.98. The number of nitrogens with two attached hydrogens (primary N) is 1. The molecule has 0 radical (unpaired) electrons. The van der Waals surface area contributed by atoms with Crippen LogP contribution in [0.2, 0.25) is 0 Å². The van der Waals surface area contributed by atoms with Crippen LogP contribution in [-0.2, 0) is 24.1 Å². The lowest BCUT2D eigenvalue weighted by molar-refractivity contribution is -0.126. The molecule has 204 valence electrons. The van der Waals surface area contributed by atoms with Crippen LogP contribution in [0.5, 0.6) is 0 Å². The summed E-state index contributed by atoms with van der Waals surface area (Å²) in [7, 11) is 0. The van der Waals surface area contributed by atoms with Gasteiger partial charge in [-0.1, -0.05) is 54.6 Å². The standard InChI is InChI=1S/C32H39N5O2/c1-3-4-5-27-29(33)36-31(39)32(27)19-25-18-28(35-21-26(25)20-32)30(38)34-14-17-37-15-12-24(13-16-37)11-10-23-8-6-22(2)7-9-23/h3-9,18,21,24H,1,10-17,19-20,33H2,2H3,(H,34,38)(H,36,39)/b5-4-. The second-order valence-corrected chi connectivity index (χ2v) is 11.2. The molecule has 2 aliphatic heterocycles. The van der Waals surface area contributed by atoms with E-state index in [9.17, 15) is 9.59 Å². The normalized spacial score (nSPS) is 21.5. The molecule has 0 saturated carbocycles. The van der Waals surface area contributed by atoms with Gasteiger partial charge in [-0.3, -0.25) is 14.6 Å². The minimum absolute atomic E-state index is 0.107. The third-order valence-electron chi connectivity index (χ3n) is 8.57. The number of pyridine rings is 1. The topological polar surface area (TPSA) is 100 Å². The molecule has 3 heterocycles. The molecular formula is C32H39N5O2. The number of likely N-dealkylation sites (tertiary alicyclic amines) is 1. The number of hydrogen-bond donors (Lipinski definition) is 3. The average molecular weight is 526 g/mol. The SMILES string of the molecule is C=C/C=C\C1=C(N)NC(=O)C12Cc1cnc(C(=O)NCCN3CCC(CCc4ccc(C)cc4)CC3)cc1C2. The van der Waals surface area contributed by atoms with Gasteiger partial charge in [0.1, 0.15) is 11.5 Å². The van der Waals surface area contributed by atoms with Gasteiger partial charge < -0.3 is 21.3 Å². The summed E-state index contributed by atoms with van der Waals surface area (Å²) in [6.45, 7) is 9.43. The summed E-state index contributed by atoms with van der Waals surface area (Å²) in [5.41, 5.74) is 11.2. The molecule has 39 heavy (non-hydrogen) atoms. The Morgan fingerprint density at radius 1 is 1.23 bits per heavy atom. The molecule has 4 N–H and O–H groups in total. The predicted octanol–water partition coefficient (Wildman–Crippen LogP) is 3.59. The van der Waals surface area contributed by atoms with Crippen molar-refractivity contribution < 1.29 is 9.59 Å². The van der Waals surface area contributed by atoms with Crippen molar-refractivity contribution in [3.05, 3.63) is 101 Å². The van der Waals surface area contributed by atoms with Gasteiger partial charge in [-0.05, 0) is 87.2 Å². The Bertz CT molecular complexity index is 1300. The number of carbonyl (C=O) groups excluding carboxylic acids is 2. The first-order valence-electron chi connectivity index (χ1n) is 14.0.